The molecule has 2 aromatic rings. The first-order valence-electron chi connectivity index (χ1n) is 8.76. The van der Waals surface area contributed by atoms with E-state index in [1.165, 1.54) is 22.3 Å². The zero-order valence-electron chi connectivity index (χ0n) is 13.5. The van der Waals surface area contributed by atoms with Crippen molar-refractivity contribution in [3.8, 4) is 11.1 Å². The number of amides is 1. The number of nitrogens with two attached hydrogens (primary N) is 1. The fourth-order valence-electron chi connectivity index (χ4n) is 4.60. The molecule has 0 spiro atoms. The highest BCUT2D eigenvalue weighted by Crippen LogP contribution is 2.44. The standard InChI is InChI=1S/C20H20N2O2/c23-20(22-11-13-9-14(22)10-21-13)24-12-19-17-7-3-1-5-15(17)16-6-2-4-8-18(16)19/h1-8,13-14,19,21H,9-12H2/p+1/t13-,14-/m1/s1. The van der Waals surface area contributed by atoms with E-state index in [0.29, 0.717) is 18.7 Å². The molecule has 1 aliphatic carbocycles. The van der Waals surface area contributed by atoms with E-state index in [2.05, 4.69) is 53.8 Å². The highest BCUT2D eigenvalue weighted by molar-refractivity contribution is 5.79. The Morgan fingerprint density at radius 3 is 2.33 bits per heavy atom. The summed E-state index contributed by atoms with van der Waals surface area (Å²) in [6.07, 6.45) is 0.974. The van der Waals surface area contributed by atoms with Crippen LogP contribution in [0.3, 0.4) is 0 Å². The van der Waals surface area contributed by atoms with E-state index in [0.717, 1.165) is 19.5 Å². The summed E-state index contributed by atoms with van der Waals surface area (Å²) < 4.78 is 5.75. The number of benzene rings is 2. The molecule has 2 bridgehead atoms. The number of carbonyl (C=O) groups is 1. The zero-order valence-corrected chi connectivity index (χ0v) is 13.5. The topological polar surface area (TPSA) is 46.1 Å². The van der Waals surface area contributed by atoms with Gasteiger partial charge in [-0.15, -0.1) is 0 Å². The number of fused-ring (bicyclic) bond motifs is 5. The molecule has 4 heteroatoms. The van der Waals surface area contributed by atoms with Gasteiger partial charge in [0.1, 0.15) is 12.6 Å². The van der Waals surface area contributed by atoms with Crippen LogP contribution < -0.4 is 5.32 Å². The van der Waals surface area contributed by atoms with Crippen molar-refractivity contribution in [3.05, 3.63) is 59.7 Å². The molecular formula is C20H21N2O2+. The first-order chi connectivity index (χ1) is 11.8. The first kappa shape index (κ1) is 14.1. The van der Waals surface area contributed by atoms with Gasteiger partial charge in [0.2, 0.25) is 0 Å². The molecular weight excluding hydrogens is 300 g/mol. The average Bonchev–Trinajstić information content (AvgIpc) is 3.33. The maximum absolute atomic E-state index is 12.5. The van der Waals surface area contributed by atoms with E-state index < -0.39 is 0 Å². The lowest BCUT2D eigenvalue weighted by atomic mass is 9.98. The molecule has 0 radical (unpaired) electrons. The van der Waals surface area contributed by atoms with Crippen LogP contribution >= 0.6 is 0 Å². The minimum atomic E-state index is -0.141. The Morgan fingerprint density at radius 1 is 1.08 bits per heavy atom. The van der Waals surface area contributed by atoms with Crippen molar-refractivity contribution in [2.75, 3.05) is 19.7 Å². The van der Waals surface area contributed by atoms with E-state index in [-0.39, 0.29) is 12.0 Å². The smallest absolute Gasteiger partial charge is 0.410 e. The summed E-state index contributed by atoms with van der Waals surface area (Å²) in [6, 6.07) is 17.8. The third-order valence-electron chi connectivity index (χ3n) is 5.76. The van der Waals surface area contributed by atoms with Gasteiger partial charge in [-0.05, 0) is 22.3 Å². The molecule has 2 aromatic carbocycles. The van der Waals surface area contributed by atoms with Gasteiger partial charge in [-0.25, -0.2) is 4.79 Å². The lowest BCUT2D eigenvalue weighted by Crippen LogP contribution is -2.91. The molecule has 0 saturated carbocycles. The number of nitrogens with zero attached hydrogens (tertiary/aromatic N) is 1. The van der Waals surface area contributed by atoms with Gasteiger partial charge in [-0.3, -0.25) is 4.90 Å². The highest BCUT2D eigenvalue weighted by Gasteiger charge is 2.44. The number of carbonyl (C=O) groups excluding carboxylic acids is 1. The van der Waals surface area contributed by atoms with Gasteiger partial charge in [0, 0.05) is 12.3 Å². The van der Waals surface area contributed by atoms with Crippen molar-refractivity contribution in [3.63, 3.8) is 0 Å². The Labute approximate surface area is 141 Å². The molecule has 2 aliphatic heterocycles. The number of hydrogen-bond donors (Lipinski definition) is 1. The highest BCUT2D eigenvalue weighted by atomic mass is 16.6. The van der Waals surface area contributed by atoms with Gasteiger partial charge in [-0.1, -0.05) is 48.5 Å². The largest absolute Gasteiger partial charge is 0.448 e. The lowest BCUT2D eigenvalue weighted by molar-refractivity contribution is -0.677. The molecule has 2 heterocycles. The number of quaternary nitrogens is 1. The molecule has 122 valence electrons. The molecule has 0 aromatic heterocycles. The van der Waals surface area contributed by atoms with E-state index in [1.54, 1.807) is 0 Å². The van der Waals surface area contributed by atoms with Crippen LogP contribution in [0.15, 0.2) is 48.5 Å². The minimum Gasteiger partial charge on any atom is -0.448 e. The third kappa shape index (κ3) is 2.06. The van der Waals surface area contributed by atoms with Crippen molar-refractivity contribution in [1.29, 1.82) is 0 Å². The van der Waals surface area contributed by atoms with Gasteiger partial charge in [-0.2, -0.15) is 0 Å². The predicted octanol–water partition coefficient (Wildman–Crippen LogP) is 1.96. The van der Waals surface area contributed by atoms with Gasteiger partial charge in [0.25, 0.3) is 0 Å². The number of likely N-dealkylation sites (tertiary alicyclic amines) is 1. The van der Waals surface area contributed by atoms with Crippen molar-refractivity contribution in [2.24, 2.45) is 0 Å². The van der Waals surface area contributed by atoms with Gasteiger partial charge in [0.15, 0.2) is 0 Å². The zero-order chi connectivity index (χ0) is 16.1. The second-order valence-electron chi connectivity index (χ2n) is 7.08. The van der Waals surface area contributed by atoms with Crippen LogP contribution in [0.1, 0.15) is 23.5 Å². The summed E-state index contributed by atoms with van der Waals surface area (Å²) in [5.74, 6) is 0.146. The van der Waals surface area contributed by atoms with E-state index in [1.807, 2.05) is 4.90 Å². The minimum absolute atomic E-state index is 0.141. The second-order valence-corrected chi connectivity index (χ2v) is 7.08. The molecule has 24 heavy (non-hydrogen) atoms. The Balaban J connectivity index is 1.37. The van der Waals surface area contributed by atoms with Crippen LogP contribution in [0, 0.1) is 0 Å². The number of piperazine rings is 1. The van der Waals surface area contributed by atoms with E-state index in [4.69, 9.17) is 4.74 Å². The van der Waals surface area contributed by atoms with Crippen molar-refractivity contribution in [1.82, 2.24) is 4.90 Å². The molecule has 2 N–H and O–H groups in total. The first-order valence-corrected chi connectivity index (χ1v) is 8.76. The van der Waals surface area contributed by atoms with Crippen LogP contribution in [-0.2, 0) is 4.74 Å². The monoisotopic (exact) mass is 321 g/mol. The number of hydrogen-bond acceptors (Lipinski definition) is 2. The maximum Gasteiger partial charge on any atom is 0.410 e. The van der Waals surface area contributed by atoms with E-state index >= 15 is 0 Å². The fraction of sp³-hybridized carbons (Fsp3) is 0.350. The Kier molecular flexibility index (Phi) is 3.13. The molecule has 1 amide bonds. The summed E-state index contributed by atoms with van der Waals surface area (Å²) >= 11 is 0. The summed E-state index contributed by atoms with van der Waals surface area (Å²) in [7, 11) is 0. The molecule has 0 unspecified atom stereocenters. The second kappa shape index (κ2) is 5.35. The quantitative estimate of drug-likeness (QED) is 0.919. The molecule has 5 rings (SSSR count). The summed E-state index contributed by atoms with van der Waals surface area (Å²) in [5.41, 5.74) is 5.07. The lowest BCUT2D eigenvalue weighted by Gasteiger charge is -2.25. The molecule has 2 fully saturated rings. The summed E-state index contributed by atoms with van der Waals surface area (Å²) in [6.45, 7) is 2.28. The number of ether oxygens (including phenoxy) is 1. The maximum atomic E-state index is 12.5. The van der Waals surface area contributed by atoms with Crippen molar-refractivity contribution >= 4 is 6.09 Å². The normalized spacial score (nSPS) is 24.1. The average molecular weight is 321 g/mol. The van der Waals surface area contributed by atoms with Crippen LogP contribution in [-0.4, -0.2) is 42.8 Å². The molecule has 2 atom stereocenters. The Hall–Kier alpha value is -2.33. The SMILES string of the molecule is O=C(OCC1c2ccccc2-c2ccccc21)N1C[C@H]2C[C@@H]1C[NH2+]2. The third-order valence-corrected chi connectivity index (χ3v) is 5.76. The predicted molar refractivity (Wildman–Crippen MR) is 90.8 cm³/mol. The van der Waals surface area contributed by atoms with Crippen molar-refractivity contribution < 1.29 is 14.8 Å². The van der Waals surface area contributed by atoms with Crippen molar-refractivity contribution in [2.45, 2.75) is 24.4 Å². The molecule has 3 aliphatic rings. The van der Waals surface area contributed by atoms with Crippen LogP contribution in [0.4, 0.5) is 4.79 Å². The number of rotatable bonds is 2. The van der Waals surface area contributed by atoms with Gasteiger partial charge < -0.3 is 10.1 Å². The summed E-state index contributed by atoms with van der Waals surface area (Å²) in [5, 5.41) is 2.35. The van der Waals surface area contributed by atoms with Gasteiger partial charge in [0.05, 0.1) is 19.1 Å². The van der Waals surface area contributed by atoms with Crippen LogP contribution in [0.2, 0.25) is 0 Å². The molecule has 2 saturated heterocycles. The van der Waals surface area contributed by atoms with Crippen LogP contribution in [0.5, 0.6) is 0 Å². The van der Waals surface area contributed by atoms with Gasteiger partial charge >= 0.3 is 6.09 Å². The van der Waals surface area contributed by atoms with Crippen LogP contribution in [0.25, 0.3) is 11.1 Å². The Morgan fingerprint density at radius 2 is 1.75 bits per heavy atom. The Bertz CT molecular complexity index is 758. The molecule has 4 nitrogen and oxygen atoms in total. The summed E-state index contributed by atoms with van der Waals surface area (Å²) in [4.78, 5) is 14.4. The van der Waals surface area contributed by atoms with E-state index in [9.17, 15) is 4.79 Å². The fourth-order valence-corrected chi connectivity index (χ4v) is 4.60.